The molecule has 7 heteroatoms. The predicted molar refractivity (Wildman–Crippen MR) is 95.1 cm³/mol. The number of halogens is 3. The highest BCUT2D eigenvalue weighted by Gasteiger charge is 2.14. The van der Waals surface area contributed by atoms with Crippen LogP contribution in [0.15, 0.2) is 51.7 Å². The zero-order valence-corrected chi connectivity index (χ0v) is 14.4. The van der Waals surface area contributed by atoms with E-state index in [2.05, 4.69) is 5.32 Å². The average Bonchev–Trinajstić information content (AvgIpc) is 2.53. The monoisotopic (exact) mass is 381 g/mol. The number of carbonyl (C=O) groups excluding carboxylic acids is 1. The number of hydrogen-bond acceptors (Lipinski definition) is 3. The van der Waals surface area contributed by atoms with Gasteiger partial charge >= 0.3 is 5.63 Å². The maximum Gasteiger partial charge on any atom is 0.349 e. The lowest BCUT2D eigenvalue weighted by molar-refractivity contribution is 0.0947. The second-order valence-electron chi connectivity index (χ2n) is 5.05. The molecule has 4 nitrogen and oxygen atoms in total. The third-order valence-corrected chi connectivity index (χ3v) is 4.22. The molecule has 1 N–H and O–H groups in total. The van der Waals surface area contributed by atoms with Gasteiger partial charge in [0, 0.05) is 27.0 Å². The number of benzene rings is 2. The molecule has 0 aliphatic carbocycles. The number of carbonyl (C=O) groups is 1. The van der Waals surface area contributed by atoms with Gasteiger partial charge in [0.15, 0.2) is 0 Å². The van der Waals surface area contributed by atoms with Gasteiger partial charge in [0.05, 0.1) is 0 Å². The maximum absolute atomic E-state index is 12.3. The number of hydrogen-bond donors (Lipinski definition) is 1. The van der Waals surface area contributed by atoms with Crippen LogP contribution >= 0.6 is 34.8 Å². The molecule has 0 saturated carbocycles. The van der Waals surface area contributed by atoms with Crippen molar-refractivity contribution in [3.63, 3.8) is 0 Å². The van der Waals surface area contributed by atoms with Crippen LogP contribution in [0.4, 0.5) is 0 Å². The molecular weight excluding hydrogens is 373 g/mol. The minimum atomic E-state index is -0.718. The predicted octanol–water partition coefficient (Wildman–Crippen LogP) is 4.68. The summed E-state index contributed by atoms with van der Waals surface area (Å²) in [5, 5.41) is 4.62. The summed E-state index contributed by atoms with van der Waals surface area (Å²) in [4.78, 5) is 24.3. The van der Waals surface area contributed by atoms with Crippen molar-refractivity contribution in [2.24, 2.45) is 0 Å². The van der Waals surface area contributed by atoms with E-state index < -0.39 is 11.5 Å². The molecule has 3 rings (SSSR count). The van der Waals surface area contributed by atoms with Gasteiger partial charge in [-0.15, -0.1) is 0 Å². The summed E-state index contributed by atoms with van der Waals surface area (Å²) in [7, 11) is 0. The lowest BCUT2D eigenvalue weighted by Crippen LogP contribution is -2.27. The zero-order chi connectivity index (χ0) is 17.3. The van der Waals surface area contributed by atoms with Gasteiger partial charge in [-0.3, -0.25) is 4.79 Å². The van der Waals surface area contributed by atoms with Gasteiger partial charge < -0.3 is 9.73 Å². The molecule has 0 aliphatic heterocycles. The molecule has 0 unspecified atom stereocenters. The molecule has 0 fully saturated rings. The smallest absolute Gasteiger partial charge is 0.349 e. The molecule has 1 amide bonds. The number of nitrogens with one attached hydrogen (secondary N) is 1. The molecule has 0 radical (unpaired) electrons. The molecule has 0 saturated heterocycles. The second-order valence-corrected chi connectivity index (χ2v) is 6.33. The quantitative estimate of drug-likeness (QED) is 0.669. The van der Waals surface area contributed by atoms with E-state index in [1.165, 1.54) is 6.07 Å². The Balaban J connectivity index is 1.85. The Morgan fingerprint density at radius 3 is 2.46 bits per heavy atom. The first kappa shape index (κ1) is 16.8. The number of amides is 1. The van der Waals surface area contributed by atoms with Crippen LogP contribution in [0.2, 0.25) is 15.1 Å². The molecule has 0 atom stereocenters. The fraction of sp³-hybridized carbons (Fsp3) is 0.0588. The van der Waals surface area contributed by atoms with Crippen LogP contribution in [0.25, 0.3) is 11.0 Å². The van der Waals surface area contributed by atoms with Crippen molar-refractivity contribution >= 4 is 51.7 Å². The Morgan fingerprint density at radius 1 is 1.00 bits per heavy atom. The Hall–Kier alpha value is -2.01. The van der Waals surface area contributed by atoms with Crippen molar-refractivity contribution in [3.05, 3.63) is 79.1 Å². The van der Waals surface area contributed by atoms with Crippen molar-refractivity contribution in [3.8, 4) is 0 Å². The molecule has 0 spiro atoms. The highest BCUT2D eigenvalue weighted by Crippen LogP contribution is 2.21. The Bertz CT molecular complexity index is 998. The van der Waals surface area contributed by atoms with Crippen molar-refractivity contribution < 1.29 is 9.21 Å². The van der Waals surface area contributed by atoms with Gasteiger partial charge in [0.25, 0.3) is 5.91 Å². The molecule has 3 aromatic rings. The normalized spacial score (nSPS) is 10.8. The lowest BCUT2D eigenvalue weighted by atomic mass is 10.1. The topological polar surface area (TPSA) is 59.3 Å². The maximum atomic E-state index is 12.3. The van der Waals surface area contributed by atoms with Crippen LogP contribution in [0.5, 0.6) is 0 Å². The summed E-state index contributed by atoms with van der Waals surface area (Å²) in [5.41, 5.74) is 0.226. The minimum Gasteiger partial charge on any atom is -0.422 e. The van der Waals surface area contributed by atoms with E-state index in [1.807, 2.05) is 0 Å². The van der Waals surface area contributed by atoms with Gasteiger partial charge in [0.1, 0.15) is 11.1 Å². The molecule has 1 aromatic heterocycles. The summed E-state index contributed by atoms with van der Waals surface area (Å²) in [5.74, 6) is -0.559. The van der Waals surface area contributed by atoms with E-state index >= 15 is 0 Å². The highest BCUT2D eigenvalue weighted by molar-refractivity contribution is 6.35. The van der Waals surface area contributed by atoms with Gasteiger partial charge in [-0.05, 0) is 42.0 Å². The fourth-order valence-corrected chi connectivity index (χ4v) is 2.84. The highest BCUT2D eigenvalue weighted by atomic mass is 35.5. The van der Waals surface area contributed by atoms with Crippen LogP contribution in [-0.4, -0.2) is 5.91 Å². The van der Waals surface area contributed by atoms with E-state index in [1.54, 1.807) is 36.4 Å². The van der Waals surface area contributed by atoms with Crippen LogP contribution in [0.1, 0.15) is 15.9 Å². The second kappa shape index (κ2) is 6.85. The van der Waals surface area contributed by atoms with Gasteiger partial charge in [-0.25, -0.2) is 4.79 Å². The number of fused-ring (bicyclic) bond motifs is 1. The van der Waals surface area contributed by atoms with E-state index in [0.717, 1.165) is 0 Å². The summed E-state index contributed by atoms with van der Waals surface area (Å²) >= 11 is 17.8. The van der Waals surface area contributed by atoms with Crippen LogP contribution in [-0.2, 0) is 6.54 Å². The van der Waals surface area contributed by atoms with E-state index in [0.29, 0.717) is 31.6 Å². The summed E-state index contributed by atoms with van der Waals surface area (Å²) < 4.78 is 5.14. The summed E-state index contributed by atoms with van der Waals surface area (Å²) in [6, 6.07) is 11.2. The van der Waals surface area contributed by atoms with Gasteiger partial charge in [-0.1, -0.05) is 40.9 Å². The molecule has 24 heavy (non-hydrogen) atoms. The molecule has 0 aliphatic rings. The standard InChI is InChI=1S/C17H10Cl3NO3/c18-11-3-4-15-10(5-11)6-13(17(23)24-15)16(22)21-8-9-1-2-12(19)7-14(9)20/h1-7H,8H2,(H,21,22). The Labute approximate surface area is 151 Å². The Morgan fingerprint density at radius 2 is 1.71 bits per heavy atom. The first-order chi connectivity index (χ1) is 11.4. The molecule has 122 valence electrons. The van der Waals surface area contributed by atoms with Crippen LogP contribution < -0.4 is 10.9 Å². The molecule has 2 aromatic carbocycles. The SMILES string of the molecule is O=C(NCc1ccc(Cl)cc1Cl)c1cc2cc(Cl)ccc2oc1=O. The summed E-state index contributed by atoms with van der Waals surface area (Å²) in [6.07, 6.45) is 0. The Kier molecular flexibility index (Phi) is 4.81. The lowest BCUT2D eigenvalue weighted by Gasteiger charge is -2.07. The first-order valence-corrected chi connectivity index (χ1v) is 8.03. The largest absolute Gasteiger partial charge is 0.422 e. The van der Waals surface area contributed by atoms with Gasteiger partial charge in [0.2, 0.25) is 0 Å². The van der Waals surface area contributed by atoms with Crippen molar-refractivity contribution in [2.75, 3.05) is 0 Å². The van der Waals surface area contributed by atoms with Crippen LogP contribution in [0, 0.1) is 0 Å². The molecular formula is C17H10Cl3NO3. The first-order valence-electron chi connectivity index (χ1n) is 6.89. The van der Waals surface area contributed by atoms with E-state index in [-0.39, 0.29) is 12.1 Å². The van der Waals surface area contributed by atoms with E-state index in [4.69, 9.17) is 39.2 Å². The van der Waals surface area contributed by atoms with Crippen molar-refractivity contribution in [1.82, 2.24) is 5.32 Å². The molecule has 0 bridgehead atoms. The minimum absolute atomic E-state index is 0.102. The van der Waals surface area contributed by atoms with Crippen molar-refractivity contribution in [2.45, 2.75) is 6.54 Å². The zero-order valence-electron chi connectivity index (χ0n) is 12.1. The average molecular weight is 383 g/mol. The van der Waals surface area contributed by atoms with Crippen molar-refractivity contribution in [1.29, 1.82) is 0 Å². The van der Waals surface area contributed by atoms with Gasteiger partial charge in [-0.2, -0.15) is 0 Å². The molecule has 1 heterocycles. The fourth-order valence-electron chi connectivity index (χ4n) is 2.19. The summed E-state index contributed by atoms with van der Waals surface area (Å²) in [6.45, 7) is 0.155. The third kappa shape index (κ3) is 3.56. The third-order valence-electron chi connectivity index (χ3n) is 3.39. The number of rotatable bonds is 3. The van der Waals surface area contributed by atoms with E-state index in [9.17, 15) is 9.59 Å². The van der Waals surface area contributed by atoms with Crippen LogP contribution in [0.3, 0.4) is 0 Å².